The average molecular weight is 216 g/mol. The minimum atomic E-state index is -3.58. The molecule has 78 valence electrons. The third kappa shape index (κ3) is 7.60. The molecule has 0 bridgehead atoms. The van der Waals surface area contributed by atoms with Crippen molar-refractivity contribution in [2.24, 2.45) is 5.14 Å². The first-order valence-corrected chi connectivity index (χ1v) is 5.11. The second kappa shape index (κ2) is 5.07. The number of sulfonamides is 1. The zero-order chi connectivity index (χ0) is 10.5. The molecule has 0 heterocycles. The first kappa shape index (κ1) is 12.2. The van der Waals surface area contributed by atoms with Gasteiger partial charge in [0.2, 0.25) is 10.0 Å². The van der Waals surface area contributed by atoms with Crippen molar-refractivity contribution in [3.05, 3.63) is 0 Å². The van der Waals surface area contributed by atoms with Gasteiger partial charge in [0.15, 0.2) is 0 Å². The van der Waals surface area contributed by atoms with Crippen LogP contribution in [0.15, 0.2) is 0 Å². The molecule has 0 unspecified atom stereocenters. The van der Waals surface area contributed by atoms with E-state index in [0.717, 1.165) is 0 Å². The van der Waals surface area contributed by atoms with E-state index in [1.165, 1.54) is 0 Å². The topological polar surface area (TPSA) is 89.3 Å². The fourth-order valence-corrected chi connectivity index (χ4v) is 1.11. The smallest absolute Gasteiger partial charge is 0.315 e. The van der Waals surface area contributed by atoms with Gasteiger partial charge in [-0.3, -0.25) is 4.79 Å². The largest absolute Gasteiger partial charge is 0.351 e. The number of halogens is 2. The lowest BCUT2D eigenvalue weighted by Crippen LogP contribution is -2.31. The summed E-state index contributed by atoms with van der Waals surface area (Å²) in [5, 5.41) is 6.47. The van der Waals surface area contributed by atoms with Crippen LogP contribution in [0.5, 0.6) is 0 Å². The lowest BCUT2D eigenvalue weighted by molar-refractivity contribution is -0.131. The summed E-state index contributed by atoms with van der Waals surface area (Å²) in [6.07, 6.45) is -3.05. The van der Waals surface area contributed by atoms with E-state index in [0.29, 0.717) is 0 Å². The maximum atomic E-state index is 11.5. The fraction of sp³-hybridized carbons (Fsp3) is 0.800. The number of carbonyl (C=O) groups excluding carboxylic acids is 1. The van der Waals surface area contributed by atoms with Crippen molar-refractivity contribution < 1.29 is 22.0 Å². The van der Waals surface area contributed by atoms with Crippen molar-refractivity contribution in [3.8, 4) is 0 Å². The average Bonchev–Trinajstić information content (AvgIpc) is 1.95. The Kier molecular flexibility index (Phi) is 4.78. The van der Waals surface area contributed by atoms with Crippen molar-refractivity contribution in [2.45, 2.75) is 12.8 Å². The minimum absolute atomic E-state index is 0.0251. The molecule has 0 rings (SSSR count). The Morgan fingerprint density at radius 1 is 1.46 bits per heavy atom. The molecule has 3 N–H and O–H groups in total. The van der Waals surface area contributed by atoms with Crippen molar-refractivity contribution in [3.63, 3.8) is 0 Å². The van der Waals surface area contributed by atoms with Gasteiger partial charge in [-0.05, 0) is 6.42 Å². The van der Waals surface area contributed by atoms with Gasteiger partial charge >= 0.3 is 6.43 Å². The number of alkyl halides is 2. The molecular weight excluding hydrogens is 206 g/mol. The third-order valence-corrected chi connectivity index (χ3v) is 1.96. The van der Waals surface area contributed by atoms with Crippen molar-refractivity contribution >= 4 is 15.9 Å². The Morgan fingerprint density at radius 3 is 2.38 bits per heavy atom. The van der Waals surface area contributed by atoms with E-state index in [9.17, 15) is 22.0 Å². The van der Waals surface area contributed by atoms with Crippen LogP contribution in [0, 0.1) is 0 Å². The Labute approximate surface area is 74.3 Å². The highest BCUT2D eigenvalue weighted by Crippen LogP contribution is 1.91. The quantitative estimate of drug-likeness (QED) is 0.580. The zero-order valence-electron chi connectivity index (χ0n) is 6.66. The monoisotopic (exact) mass is 216 g/mol. The third-order valence-electron chi connectivity index (χ3n) is 1.10. The molecule has 0 atom stereocenters. The minimum Gasteiger partial charge on any atom is -0.351 e. The highest BCUT2D eigenvalue weighted by molar-refractivity contribution is 7.89. The summed E-state index contributed by atoms with van der Waals surface area (Å²) in [7, 11) is -3.58. The van der Waals surface area contributed by atoms with Crippen LogP contribution in [-0.2, 0) is 14.8 Å². The maximum Gasteiger partial charge on any atom is 0.315 e. The predicted molar refractivity (Wildman–Crippen MR) is 41.6 cm³/mol. The molecule has 0 radical (unpaired) electrons. The fourth-order valence-electron chi connectivity index (χ4n) is 0.562. The summed E-state index contributed by atoms with van der Waals surface area (Å²) in [4.78, 5) is 10.2. The molecule has 0 saturated heterocycles. The first-order chi connectivity index (χ1) is 5.83. The summed E-state index contributed by atoms with van der Waals surface area (Å²) in [6, 6.07) is 0. The Morgan fingerprint density at radius 2 is 2.00 bits per heavy atom. The van der Waals surface area contributed by atoms with Gasteiger partial charge in [-0.15, -0.1) is 0 Å². The van der Waals surface area contributed by atoms with Crippen LogP contribution in [-0.4, -0.2) is 33.0 Å². The van der Waals surface area contributed by atoms with Gasteiger partial charge in [-0.2, -0.15) is 8.78 Å². The van der Waals surface area contributed by atoms with E-state index in [4.69, 9.17) is 0 Å². The van der Waals surface area contributed by atoms with E-state index >= 15 is 0 Å². The second-order valence-electron chi connectivity index (χ2n) is 2.31. The molecule has 0 aromatic heterocycles. The van der Waals surface area contributed by atoms with Crippen molar-refractivity contribution in [1.82, 2.24) is 5.32 Å². The Bertz CT molecular complexity index is 265. The number of primary sulfonamides is 1. The lowest BCUT2D eigenvalue weighted by Gasteiger charge is -2.02. The van der Waals surface area contributed by atoms with Gasteiger partial charge in [0, 0.05) is 6.54 Å². The molecule has 0 aromatic rings. The summed E-state index contributed by atoms with van der Waals surface area (Å²) >= 11 is 0. The standard InChI is InChI=1S/C5H10F2N2O3S/c6-4(7)5(10)9-2-1-3-13(8,11)12/h4H,1-3H2,(H,9,10)(H2,8,11,12). The van der Waals surface area contributed by atoms with Crippen LogP contribution in [0.25, 0.3) is 0 Å². The summed E-state index contributed by atoms with van der Waals surface area (Å²) < 4.78 is 43.7. The van der Waals surface area contributed by atoms with Crippen LogP contribution in [0.2, 0.25) is 0 Å². The van der Waals surface area contributed by atoms with Crippen LogP contribution in [0.3, 0.4) is 0 Å². The molecule has 0 aliphatic rings. The van der Waals surface area contributed by atoms with E-state index in [1.54, 1.807) is 0 Å². The number of nitrogens with two attached hydrogens (primary N) is 1. The highest BCUT2D eigenvalue weighted by atomic mass is 32.2. The number of hydrogen-bond donors (Lipinski definition) is 2. The number of carbonyl (C=O) groups is 1. The predicted octanol–water partition coefficient (Wildman–Crippen LogP) is -0.954. The molecule has 0 spiro atoms. The molecule has 0 fully saturated rings. The van der Waals surface area contributed by atoms with Crippen molar-refractivity contribution in [1.29, 1.82) is 0 Å². The molecule has 8 heteroatoms. The van der Waals surface area contributed by atoms with Gasteiger partial charge in [0.25, 0.3) is 5.91 Å². The molecule has 0 aliphatic heterocycles. The number of amides is 1. The normalized spacial score (nSPS) is 11.7. The molecule has 5 nitrogen and oxygen atoms in total. The SMILES string of the molecule is NS(=O)(=O)CCCNC(=O)C(F)F. The first-order valence-electron chi connectivity index (χ1n) is 3.39. The van der Waals surface area contributed by atoms with E-state index in [1.807, 2.05) is 5.32 Å². The number of nitrogens with one attached hydrogen (secondary N) is 1. The molecule has 1 amide bonds. The maximum absolute atomic E-state index is 11.5. The summed E-state index contributed by atoms with van der Waals surface area (Å²) in [5.74, 6) is -1.74. The van der Waals surface area contributed by atoms with Crippen LogP contribution in [0.1, 0.15) is 6.42 Å². The lowest BCUT2D eigenvalue weighted by atomic mass is 10.4. The van der Waals surface area contributed by atoms with Gasteiger partial charge in [-0.1, -0.05) is 0 Å². The van der Waals surface area contributed by atoms with E-state index in [2.05, 4.69) is 5.14 Å². The van der Waals surface area contributed by atoms with Gasteiger partial charge in [-0.25, -0.2) is 13.6 Å². The van der Waals surface area contributed by atoms with Crippen LogP contribution < -0.4 is 10.5 Å². The van der Waals surface area contributed by atoms with Crippen LogP contribution >= 0.6 is 0 Å². The molecule has 0 saturated carbocycles. The van der Waals surface area contributed by atoms with Crippen molar-refractivity contribution in [2.75, 3.05) is 12.3 Å². The number of hydrogen-bond acceptors (Lipinski definition) is 3. The zero-order valence-corrected chi connectivity index (χ0v) is 7.48. The van der Waals surface area contributed by atoms with E-state index in [-0.39, 0.29) is 18.7 Å². The second-order valence-corrected chi connectivity index (χ2v) is 4.05. The summed E-state index contributed by atoms with van der Waals surface area (Å²) in [6.45, 7) is -0.125. The summed E-state index contributed by atoms with van der Waals surface area (Å²) in [5.41, 5.74) is 0. The molecule has 13 heavy (non-hydrogen) atoms. The Balaban J connectivity index is 3.53. The molecule has 0 aromatic carbocycles. The van der Waals surface area contributed by atoms with Crippen LogP contribution in [0.4, 0.5) is 8.78 Å². The molecular formula is C5H10F2N2O3S. The molecule has 0 aliphatic carbocycles. The Hall–Kier alpha value is -0.760. The van der Waals surface area contributed by atoms with E-state index < -0.39 is 22.4 Å². The van der Waals surface area contributed by atoms with Gasteiger partial charge in [0.1, 0.15) is 0 Å². The number of rotatable bonds is 5. The van der Waals surface area contributed by atoms with Gasteiger partial charge in [0.05, 0.1) is 5.75 Å². The highest BCUT2D eigenvalue weighted by Gasteiger charge is 2.13. The van der Waals surface area contributed by atoms with Gasteiger partial charge < -0.3 is 5.32 Å².